The van der Waals surface area contributed by atoms with Gasteiger partial charge in [0.05, 0.1) is 25.8 Å². The molecule has 0 spiro atoms. The van der Waals surface area contributed by atoms with E-state index < -0.39 is 5.97 Å². The average Bonchev–Trinajstić information content (AvgIpc) is 2.70. The fourth-order valence-corrected chi connectivity index (χ4v) is 2.60. The Bertz CT molecular complexity index is 763. The highest BCUT2D eigenvalue weighted by atomic mass is 16.5. The van der Waals surface area contributed by atoms with Crippen molar-refractivity contribution in [3.8, 4) is 11.5 Å². The van der Waals surface area contributed by atoms with Gasteiger partial charge in [0.2, 0.25) is 0 Å². The van der Waals surface area contributed by atoms with Crippen LogP contribution in [0.25, 0.3) is 0 Å². The summed E-state index contributed by atoms with van der Waals surface area (Å²) >= 11 is 0. The standard InChI is InChI=1S/C21H25NO5/c1-5-19(15-8-6-14(2)7-9-15)22-20(23)13-27-21(24)16-10-17(25-3)12-18(11-16)26-4/h6-12,19H,5,13H2,1-4H3,(H,22,23)/t19-/m1/s1. The SMILES string of the molecule is CC[C@@H](NC(=O)COC(=O)c1cc(OC)cc(OC)c1)c1ccc(C)cc1. The van der Waals surface area contributed by atoms with Gasteiger partial charge in [-0.1, -0.05) is 36.8 Å². The zero-order chi connectivity index (χ0) is 19.8. The van der Waals surface area contributed by atoms with E-state index >= 15 is 0 Å². The maximum Gasteiger partial charge on any atom is 0.338 e. The van der Waals surface area contributed by atoms with Gasteiger partial charge in [-0.3, -0.25) is 4.79 Å². The third-order valence-corrected chi connectivity index (χ3v) is 4.14. The summed E-state index contributed by atoms with van der Waals surface area (Å²) in [4.78, 5) is 24.4. The number of hydrogen-bond donors (Lipinski definition) is 1. The van der Waals surface area contributed by atoms with Gasteiger partial charge in [0, 0.05) is 6.07 Å². The number of esters is 1. The number of ether oxygens (including phenoxy) is 3. The van der Waals surface area contributed by atoms with E-state index in [0.717, 1.165) is 17.5 Å². The topological polar surface area (TPSA) is 73.9 Å². The lowest BCUT2D eigenvalue weighted by molar-refractivity contribution is -0.125. The zero-order valence-electron chi connectivity index (χ0n) is 16.1. The van der Waals surface area contributed by atoms with E-state index in [2.05, 4.69) is 5.32 Å². The minimum absolute atomic E-state index is 0.131. The molecule has 6 heteroatoms. The quantitative estimate of drug-likeness (QED) is 0.720. The Hall–Kier alpha value is -3.02. The van der Waals surface area contributed by atoms with Crippen LogP contribution in [0, 0.1) is 6.92 Å². The van der Waals surface area contributed by atoms with Gasteiger partial charge in [0.25, 0.3) is 5.91 Å². The second kappa shape index (κ2) is 9.62. The van der Waals surface area contributed by atoms with Crippen LogP contribution < -0.4 is 14.8 Å². The molecule has 0 heterocycles. The Labute approximate surface area is 159 Å². The van der Waals surface area contributed by atoms with Crippen LogP contribution in [0.3, 0.4) is 0 Å². The Kier molecular flexibility index (Phi) is 7.23. The van der Waals surface area contributed by atoms with E-state index in [-0.39, 0.29) is 24.1 Å². The highest BCUT2D eigenvalue weighted by Gasteiger charge is 2.16. The molecule has 0 aliphatic carbocycles. The first-order valence-corrected chi connectivity index (χ1v) is 8.73. The first-order chi connectivity index (χ1) is 13.0. The van der Waals surface area contributed by atoms with E-state index in [4.69, 9.17) is 14.2 Å². The van der Waals surface area contributed by atoms with Gasteiger partial charge < -0.3 is 19.5 Å². The predicted octanol–water partition coefficient (Wildman–Crippen LogP) is 3.44. The molecule has 2 aromatic carbocycles. The molecule has 0 aliphatic rings. The van der Waals surface area contributed by atoms with Crippen molar-refractivity contribution in [1.29, 1.82) is 0 Å². The molecular formula is C21H25NO5. The van der Waals surface area contributed by atoms with Crippen molar-refractivity contribution >= 4 is 11.9 Å². The number of rotatable bonds is 8. The number of carbonyl (C=O) groups excluding carboxylic acids is 2. The maximum absolute atomic E-state index is 12.2. The monoisotopic (exact) mass is 371 g/mol. The summed E-state index contributed by atoms with van der Waals surface area (Å²) in [6.07, 6.45) is 0.732. The Balaban J connectivity index is 1.96. The second-order valence-corrected chi connectivity index (χ2v) is 6.12. The molecule has 0 aliphatic heterocycles. The van der Waals surface area contributed by atoms with E-state index in [0.29, 0.717) is 11.5 Å². The van der Waals surface area contributed by atoms with Gasteiger partial charge in [-0.2, -0.15) is 0 Å². The molecule has 144 valence electrons. The predicted molar refractivity (Wildman–Crippen MR) is 102 cm³/mol. The fraction of sp³-hybridized carbons (Fsp3) is 0.333. The summed E-state index contributed by atoms with van der Waals surface area (Å²) in [6.45, 7) is 3.64. The average molecular weight is 371 g/mol. The van der Waals surface area contributed by atoms with Gasteiger partial charge >= 0.3 is 5.97 Å². The number of aryl methyl sites for hydroxylation is 1. The van der Waals surface area contributed by atoms with Gasteiger partial charge in [-0.05, 0) is 31.0 Å². The minimum Gasteiger partial charge on any atom is -0.497 e. The first-order valence-electron chi connectivity index (χ1n) is 8.73. The number of amides is 1. The molecule has 1 amide bonds. The van der Waals surface area contributed by atoms with E-state index in [1.165, 1.54) is 26.4 Å². The minimum atomic E-state index is -0.620. The molecule has 0 aromatic heterocycles. The summed E-state index contributed by atoms with van der Waals surface area (Å²) in [5.41, 5.74) is 2.42. The molecule has 2 aromatic rings. The normalized spacial score (nSPS) is 11.4. The summed E-state index contributed by atoms with van der Waals surface area (Å²) in [7, 11) is 2.99. The van der Waals surface area contributed by atoms with Crippen LogP contribution >= 0.6 is 0 Å². The summed E-state index contributed by atoms with van der Waals surface area (Å²) in [6, 6.07) is 12.6. The van der Waals surface area contributed by atoms with Crippen LogP contribution in [0.4, 0.5) is 0 Å². The molecule has 1 N–H and O–H groups in total. The summed E-state index contributed by atoms with van der Waals surface area (Å²) in [5, 5.41) is 2.89. The van der Waals surface area contributed by atoms with Crippen molar-refractivity contribution in [3.05, 3.63) is 59.2 Å². The summed E-state index contributed by atoms with van der Waals surface area (Å²) in [5.74, 6) is -0.0382. The zero-order valence-corrected chi connectivity index (χ0v) is 16.1. The number of nitrogens with one attached hydrogen (secondary N) is 1. The van der Waals surface area contributed by atoms with Gasteiger partial charge in [0.1, 0.15) is 11.5 Å². The molecule has 2 rings (SSSR count). The van der Waals surface area contributed by atoms with Crippen molar-refractivity contribution in [2.45, 2.75) is 26.3 Å². The lowest BCUT2D eigenvalue weighted by Crippen LogP contribution is -2.32. The van der Waals surface area contributed by atoms with Crippen molar-refractivity contribution in [2.75, 3.05) is 20.8 Å². The fourth-order valence-electron chi connectivity index (χ4n) is 2.60. The van der Waals surface area contributed by atoms with E-state index in [1.807, 2.05) is 38.1 Å². The van der Waals surface area contributed by atoms with Crippen LogP contribution in [0.5, 0.6) is 11.5 Å². The third kappa shape index (κ3) is 5.74. The van der Waals surface area contributed by atoms with Crippen molar-refractivity contribution in [1.82, 2.24) is 5.32 Å². The number of methoxy groups -OCH3 is 2. The van der Waals surface area contributed by atoms with E-state index in [9.17, 15) is 9.59 Å². The Morgan fingerprint density at radius 2 is 1.59 bits per heavy atom. The third-order valence-electron chi connectivity index (χ3n) is 4.14. The van der Waals surface area contributed by atoms with E-state index in [1.54, 1.807) is 6.07 Å². The van der Waals surface area contributed by atoms with Crippen LogP contribution in [-0.2, 0) is 9.53 Å². The largest absolute Gasteiger partial charge is 0.497 e. The molecule has 0 saturated carbocycles. The first kappa shape index (κ1) is 20.3. The van der Waals surface area contributed by atoms with Crippen LogP contribution in [-0.4, -0.2) is 32.7 Å². The van der Waals surface area contributed by atoms with Gasteiger partial charge in [-0.25, -0.2) is 4.79 Å². The molecule has 6 nitrogen and oxygen atoms in total. The van der Waals surface area contributed by atoms with Crippen molar-refractivity contribution < 1.29 is 23.8 Å². The smallest absolute Gasteiger partial charge is 0.338 e. The number of hydrogen-bond acceptors (Lipinski definition) is 5. The molecule has 0 fully saturated rings. The second-order valence-electron chi connectivity index (χ2n) is 6.12. The highest BCUT2D eigenvalue weighted by molar-refractivity contribution is 5.92. The maximum atomic E-state index is 12.2. The highest BCUT2D eigenvalue weighted by Crippen LogP contribution is 2.23. The number of carbonyl (C=O) groups is 2. The van der Waals surface area contributed by atoms with Crippen LogP contribution in [0.1, 0.15) is 40.9 Å². The molecule has 0 saturated heterocycles. The molecular weight excluding hydrogens is 346 g/mol. The van der Waals surface area contributed by atoms with Gasteiger partial charge in [0.15, 0.2) is 6.61 Å². The lowest BCUT2D eigenvalue weighted by atomic mass is 10.0. The van der Waals surface area contributed by atoms with Crippen molar-refractivity contribution in [3.63, 3.8) is 0 Å². The molecule has 0 unspecified atom stereocenters. The Morgan fingerprint density at radius 1 is 1.00 bits per heavy atom. The van der Waals surface area contributed by atoms with Crippen LogP contribution in [0.15, 0.2) is 42.5 Å². The lowest BCUT2D eigenvalue weighted by Gasteiger charge is -2.17. The van der Waals surface area contributed by atoms with Gasteiger partial charge in [-0.15, -0.1) is 0 Å². The summed E-state index contributed by atoms with van der Waals surface area (Å²) < 4.78 is 15.4. The molecule has 1 atom stereocenters. The molecule has 0 bridgehead atoms. The molecule has 27 heavy (non-hydrogen) atoms. The van der Waals surface area contributed by atoms with Crippen molar-refractivity contribution in [2.24, 2.45) is 0 Å². The Morgan fingerprint density at radius 3 is 2.11 bits per heavy atom. The number of benzene rings is 2. The molecule has 0 radical (unpaired) electrons. The van der Waals surface area contributed by atoms with Crippen LogP contribution in [0.2, 0.25) is 0 Å².